The molecule has 2 aromatic heterocycles. The number of nitro groups is 1. The van der Waals surface area contributed by atoms with Crippen molar-refractivity contribution in [2.75, 3.05) is 23.3 Å². The zero-order valence-electron chi connectivity index (χ0n) is 23.5. The van der Waals surface area contributed by atoms with E-state index in [9.17, 15) is 14.9 Å². The average molecular weight is 584 g/mol. The number of carbonyl (C=O) groups excluding carboxylic acids is 1. The molecule has 0 spiro atoms. The lowest BCUT2D eigenvalue weighted by molar-refractivity contribution is -0.384. The highest BCUT2D eigenvalue weighted by Gasteiger charge is 2.20. The molecule has 1 amide bonds. The summed E-state index contributed by atoms with van der Waals surface area (Å²) in [6, 6.07) is 19.1. The maximum atomic E-state index is 12.8. The van der Waals surface area contributed by atoms with E-state index in [-0.39, 0.29) is 27.9 Å². The Balaban J connectivity index is 1.31. The summed E-state index contributed by atoms with van der Waals surface area (Å²) in [4.78, 5) is 27.6. The van der Waals surface area contributed by atoms with E-state index in [1.807, 2.05) is 32.0 Å². The molecule has 11 nitrogen and oxygen atoms in total. The third kappa shape index (κ3) is 5.70. The van der Waals surface area contributed by atoms with E-state index in [0.29, 0.717) is 11.2 Å². The lowest BCUT2D eigenvalue weighted by atomic mass is 10.1. The smallest absolute Gasteiger partial charge is 0.293 e. The van der Waals surface area contributed by atoms with Crippen molar-refractivity contribution in [2.24, 2.45) is 0 Å². The van der Waals surface area contributed by atoms with Crippen LogP contribution in [0.1, 0.15) is 35.5 Å². The van der Waals surface area contributed by atoms with Crippen molar-refractivity contribution < 1.29 is 14.1 Å². The van der Waals surface area contributed by atoms with Gasteiger partial charge in [-0.15, -0.1) is 10.2 Å². The normalized spacial score (nSPS) is 11.0. The van der Waals surface area contributed by atoms with Gasteiger partial charge in [-0.25, -0.2) is 0 Å². The molecular formula is C30H29N7O4S. The molecule has 0 radical (unpaired) electrons. The predicted molar refractivity (Wildman–Crippen MR) is 166 cm³/mol. The largest absolute Gasteiger partial charge is 0.451 e. The van der Waals surface area contributed by atoms with E-state index in [0.717, 1.165) is 41.1 Å². The van der Waals surface area contributed by atoms with E-state index in [4.69, 9.17) is 16.6 Å². The third-order valence-corrected chi connectivity index (χ3v) is 7.13. The molecular weight excluding hydrogens is 554 g/mol. The highest BCUT2D eigenvalue weighted by Crippen LogP contribution is 2.31. The van der Waals surface area contributed by atoms with Crippen LogP contribution in [0.3, 0.4) is 0 Å². The van der Waals surface area contributed by atoms with E-state index in [1.165, 1.54) is 18.2 Å². The van der Waals surface area contributed by atoms with E-state index in [1.54, 1.807) is 23.0 Å². The molecule has 214 valence electrons. The Morgan fingerprint density at radius 2 is 1.71 bits per heavy atom. The molecule has 0 saturated heterocycles. The number of amides is 1. The molecule has 0 fully saturated rings. The SMILES string of the molecule is CCN(CC)c1ccc(-n2nc3cc(C)c(NC(=S)NC(=O)c4ccc(-c5ccccc5[N+](=O)[O-])o4)cc3n2)c(C)c1. The van der Waals surface area contributed by atoms with E-state index < -0.39 is 10.8 Å². The molecule has 2 heterocycles. The summed E-state index contributed by atoms with van der Waals surface area (Å²) in [5.74, 6) is -0.427. The standard InChI is InChI=1S/C30H29N7O4S/c1-5-35(6-2)20-11-12-25(19(4)15-20)36-33-23-16-18(3)22(17-24(23)34-36)31-30(42)32-29(38)28-14-13-27(41-28)21-9-7-8-10-26(21)37(39)40/h7-17H,5-6H2,1-4H3,(H2,31,32,38,42). The number of nitrogens with zero attached hydrogens (tertiary/aromatic N) is 5. The first-order valence-corrected chi connectivity index (χ1v) is 13.8. The van der Waals surface area contributed by atoms with Crippen molar-refractivity contribution in [1.29, 1.82) is 0 Å². The van der Waals surface area contributed by atoms with Crippen LogP contribution < -0.4 is 15.5 Å². The van der Waals surface area contributed by atoms with Crippen molar-refractivity contribution in [3.63, 3.8) is 0 Å². The summed E-state index contributed by atoms with van der Waals surface area (Å²) in [5.41, 5.74) is 6.15. The number of para-hydroxylation sites is 1. The number of hydrogen-bond donors (Lipinski definition) is 2. The second-order valence-electron chi connectivity index (χ2n) is 9.63. The number of rotatable bonds is 8. The Hall–Kier alpha value is -5.10. The fraction of sp³-hybridized carbons (Fsp3) is 0.200. The van der Waals surface area contributed by atoms with Crippen LogP contribution in [0.5, 0.6) is 0 Å². The summed E-state index contributed by atoms with van der Waals surface area (Å²) in [6.45, 7) is 10.1. The van der Waals surface area contributed by atoms with Gasteiger partial charge in [0.2, 0.25) is 0 Å². The quantitative estimate of drug-likeness (QED) is 0.125. The van der Waals surface area contributed by atoms with Gasteiger partial charge in [0.05, 0.1) is 16.2 Å². The molecule has 0 atom stereocenters. The Morgan fingerprint density at radius 1 is 1.00 bits per heavy atom. The van der Waals surface area contributed by atoms with Gasteiger partial charge in [0.15, 0.2) is 10.9 Å². The topological polar surface area (TPSA) is 131 Å². The number of anilines is 2. The second kappa shape index (κ2) is 11.8. The van der Waals surface area contributed by atoms with E-state index >= 15 is 0 Å². The van der Waals surface area contributed by atoms with E-state index in [2.05, 4.69) is 51.7 Å². The minimum Gasteiger partial charge on any atom is -0.451 e. The van der Waals surface area contributed by atoms with Crippen LogP contribution >= 0.6 is 12.2 Å². The third-order valence-electron chi connectivity index (χ3n) is 6.92. The first-order chi connectivity index (χ1) is 20.2. The molecule has 42 heavy (non-hydrogen) atoms. The van der Waals surface area contributed by atoms with Crippen molar-refractivity contribution >= 4 is 51.3 Å². The maximum absolute atomic E-state index is 12.8. The number of benzene rings is 3. The first kappa shape index (κ1) is 28.4. The fourth-order valence-electron chi connectivity index (χ4n) is 4.72. The Labute approximate surface area is 247 Å². The minimum absolute atomic E-state index is 0.0372. The first-order valence-electron chi connectivity index (χ1n) is 13.4. The molecule has 0 aliphatic rings. The summed E-state index contributed by atoms with van der Waals surface area (Å²) in [7, 11) is 0. The van der Waals surface area contributed by atoms with Gasteiger partial charge in [0, 0.05) is 30.5 Å². The molecule has 3 aromatic carbocycles. The number of carbonyl (C=O) groups is 1. The number of nitro benzene ring substituents is 1. The zero-order valence-corrected chi connectivity index (χ0v) is 24.4. The number of nitrogens with one attached hydrogen (secondary N) is 2. The second-order valence-corrected chi connectivity index (χ2v) is 10.0. The Kier molecular flexibility index (Phi) is 7.98. The molecule has 5 rings (SSSR count). The molecule has 0 unspecified atom stereocenters. The fourth-order valence-corrected chi connectivity index (χ4v) is 4.93. The average Bonchev–Trinajstić information content (AvgIpc) is 3.61. The van der Waals surface area contributed by atoms with Gasteiger partial charge in [-0.05, 0) is 99.6 Å². The van der Waals surface area contributed by atoms with Gasteiger partial charge in [0.1, 0.15) is 16.8 Å². The van der Waals surface area contributed by atoms with Crippen LogP contribution in [-0.4, -0.2) is 44.0 Å². The number of aromatic nitrogens is 3. The van der Waals surface area contributed by atoms with Gasteiger partial charge in [0.25, 0.3) is 11.6 Å². The van der Waals surface area contributed by atoms with Gasteiger partial charge in [-0.3, -0.25) is 20.2 Å². The summed E-state index contributed by atoms with van der Waals surface area (Å²) in [6.07, 6.45) is 0. The summed E-state index contributed by atoms with van der Waals surface area (Å²) >= 11 is 5.38. The highest BCUT2D eigenvalue weighted by molar-refractivity contribution is 7.80. The highest BCUT2D eigenvalue weighted by atomic mass is 32.1. The van der Waals surface area contributed by atoms with Crippen molar-refractivity contribution in [2.45, 2.75) is 27.7 Å². The number of fused-ring (bicyclic) bond motifs is 1. The van der Waals surface area contributed by atoms with Crippen LogP contribution in [0.4, 0.5) is 17.1 Å². The van der Waals surface area contributed by atoms with Crippen LogP contribution in [0, 0.1) is 24.0 Å². The number of hydrogen-bond acceptors (Lipinski definition) is 8. The minimum atomic E-state index is -0.592. The molecule has 2 N–H and O–H groups in total. The van der Waals surface area contributed by atoms with Crippen LogP contribution in [-0.2, 0) is 0 Å². The number of thiocarbonyl (C=S) groups is 1. The molecule has 5 aromatic rings. The van der Waals surface area contributed by atoms with Gasteiger partial charge in [-0.2, -0.15) is 4.80 Å². The predicted octanol–water partition coefficient (Wildman–Crippen LogP) is 6.18. The summed E-state index contributed by atoms with van der Waals surface area (Å²) < 4.78 is 5.61. The number of furan rings is 1. The molecule has 0 saturated carbocycles. The lowest BCUT2D eigenvalue weighted by Gasteiger charge is -2.22. The maximum Gasteiger partial charge on any atom is 0.293 e. The van der Waals surface area contributed by atoms with Crippen LogP contribution in [0.2, 0.25) is 0 Å². The summed E-state index contributed by atoms with van der Waals surface area (Å²) in [5, 5.41) is 26.4. The van der Waals surface area contributed by atoms with Crippen LogP contribution in [0.15, 0.2) is 71.1 Å². The van der Waals surface area contributed by atoms with Gasteiger partial charge < -0.3 is 14.6 Å². The van der Waals surface area contributed by atoms with Gasteiger partial charge >= 0.3 is 0 Å². The van der Waals surface area contributed by atoms with Crippen molar-refractivity contribution in [1.82, 2.24) is 20.3 Å². The number of aryl methyl sites for hydroxylation is 2. The zero-order chi connectivity index (χ0) is 30.0. The van der Waals surface area contributed by atoms with Gasteiger partial charge in [-0.1, -0.05) is 12.1 Å². The molecule has 0 bridgehead atoms. The Morgan fingerprint density at radius 3 is 2.40 bits per heavy atom. The molecule has 12 heteroatoms. The Bertz CT molecular complexity index is 1820. The van der Waals surface area contributed by atoms with Crippen LogP contribution in [0.25, 0.3) is 28.0 Å². The lowest BCUT2D eigenvalue weighted by Crippen LogP contribution is -2.34. The van der Waals surface area contributed by atoms with Crippen molar-refractivity contribution in [3.05, 3.63) is 93.7 Å². The van der Waals surface area contributed by atoms with Crippen molar-refractivity contribution in [3.8, 4) is 17.0 Å². The monoisotopic (exact) mass is 583 g/mol. The molecule has 0 aliphatic carbocycles. The molecule has 0 aliphatic heterocycles.